The van der Waals surface area contributed by atoms with Gasteiger partial charge in [-0.15, -0.1) is 0 Å². The van der Waals surface area contributed by atoms with Gasteiger partial charge in [0.2, 0.25) is 5.91 Å². The number of terminal acetylenes is 1. The van der Waals surface area contributed by atoms with Gasteiger partial charge in [0, 0.05) is 12.1 Å². The first-order chi connectivity index (χ1) is 13.4. The van der Waals surface area contributed by atoms with Crippen LogP contribution in [0.1, 0.15) is 58.7 Å². The highest BCUT2D eigenvalue weighted by molar-refractivity contribution is 5.93. The predicted octanol–water partition coefficient (Wildman–Crippen LogP) is 2.89. The van der Waals surface area contributed by atoms with Crippen molar-refractivity contribution in [2.45, 2.75) is 72.2 Å². The molecule has 7 heteroatoms. The Balaban J connectivity index is 3.17. The fraction of sp³-hybridized carbons (Fsp3) is 0.500. The van der Waals surface area contributed by atoms with Gasteiger partial charge >= 0.3 is 6.09 Å². The molecule has 0 fully saturated rings. The van der Waals surface area contributed by atoms with E-state index in [1.165, 1.54) is 6.92 Å². The molecule has 2 N–H and O–H groups in total. The minimum absolute atomic E-state index is 0.137. The smallest absolute Gasteiger partial charge is 0.408 e. The lowest BCUT2D eigenvalue weighted by molar-refractivity contribution is -0.138. The van der Waals surface area contributed by atoms with Crippen molar-refractivity contribution < 1.29 is 19.1 Å². The summed E-state index contributed by atoms with van der Waals surface area (Å²) >= 11 is 0. The van der Waals surface area contributed by atoms with Crippen LogP contribution >= 0.6 is 0 Å². The van der Waals surface area contributed by atoms with Crippen molar-refractivity contribution in [2.75, 3.05) is 0 Å². The molecule has 158 valence electrons. The van der Waals surface area contributed by atoms with Crippen LogP contribution in [0.15, 0.2) is 24.3 Å². The maximum Gasteiger partial charge on any atom is 0.408 e. The van der Waals surface area contributed by atoms with Gasteiger partial charge in [-0.2, -0.15) is 0 Å². The van der Waals surface area contributed by atoms with Gasteiger partial charge in [-0.1, -0.05) is 36.3 Å². The Hall–Kier alpha value is -3.01. The molecular weight excluding hydrogens is 370 g/mol. The predicted molar refractivity (Wildman–Crippen MR) is 112 cm³/mol. The largest absolute Gasteiger partial charge is 0.444 e. The highest BCUT2D eigenvalue weighted by Gasteiger charge is 2.34. The molecule has 1 rings (SSSR count). The highest BCUT2D eigenvalue weighted by atomic mass is 16.6. The number of hydrogen-bond acceptors (Lipinski definition) is 4. The van der Waals surface area contributed by atoms with Gasteiger partial charge in [0.1, 0.15) is 17.7 Å². The zero-order chi connectivity index (χ0) is 22.4. The second-order valence-electron chi connectivity index (χ2n) is 8.19. The molecule has 0 bridgehead atoms. The van der Waals surface area contributed by atoms with Crippen molar-refractivity contribution in [3.05, 3.63) is 35.4 Å². The molecule has 0 aromatic heterocycles. The number of aryl methyl sites for hydroxylation is 1. The lowest BCUT2D eigenvalue weighted by Crippen LogP contribution is -2.50. The molecule has 0 saturated heterocycles. The average Bonchev–Trinajstić information content (AvgIpc) is 2.56. The number of ether oxygens (including phenoxy) is 1. The Morgan fingerprint density at radius 1 is 1.14 bits per heavy atom. The van der Waals surface area contributed by atoms with Gasteiger partial charge in [0.25, 0.3) is 5.91 Å². The van der Waals surface area contributed by atoms with Crippen LogP contribution in [0.2, 0.25) is 0 Å². The molecule has 2 atom stereocenters. The third-order valence-electron chi connectivity index (χ3n) is 3.78. The van der Waals surface area contributed by atoms with Crippen molar-refractivity contribution in [1.29, 1.82) is 0 Å². The standard InChI is InChI=1S/C22H31N3O4/c1-9-25(20(27)16(5)24-21(28)29-22(6,7)8)18(19(26)23-14(2)3)17-12-10-11-15(4)13-17/h1,10-14,16,18H,2-8H3,(H,23,26)(H,24,28). The fourth-order valence-electron chi connectivity index (χ4n) is 2.64. The Bertz CT molecular complexity index is 790. The number of carbonyl (C=O) groups excluding carboxylic acids is 3. The van der Waals surface area contributed by atoms with E-state index < -0.39 is 35.6 Å². The van der Waals surface area contributed by atoms with Crippen molar-refractivity contribution in [1.82, 2.24) is 15.5 Å². The van der Waals surface area contributed by atoms with E-state index in [-0.39, 0.29) is 6.04 Å². The Morgan fingerprint density at radius 3 is 2.24 bits per heavy atom. The molecule has 1 aromatic rings. The molecule has 3 amide bonds. The van der Waals surface area contributed by atoms with Crippen LogP contribution in [-0.4, -0.2) is 40.5 Å². The summed E-state index contributed by atoms with van der Waals surface area (Å²) in [5.74, 6) is -0.995. The first-order valence-electron chi connectivity index (χ1n) is 9.51. The van der Waals surface area contributed by atoms with E-state index in [4.69, 9.17) is 11.2 Å². The van der Waals surface area contributed by atoms with Crippen molar-refractivity contribution in [3.8, 4) is 12.5 Å². The topological polar surface area (TPSA) is 87.7 Å². The average molecular weight is 402 g/mol. The number of benzene rings is 1. The Labute approximate surface area is 173 Å². The van der Waals surface area contributed by atoms with Crippen molar-refractivity contribution >= 4 is 17.9 Å². The summed E-state index contributed by atoms with van der Waals surface area (Å²) in [6, 6.07) is 7.37. The van der Waals surface area contributed by atoms with Gasteiger partial charge in [-0.3, -0.25) is 14.5 Å². The first-order valence-corrected chi connectivity index (χ1v) is 9.51. The summed E-state index contributed by atoms with van der Waals surface area (Å²) in [5.41, 5.74) is 0.799. The summed E-state index contributed by atoms with van der Waals surface area (Å²) < 4.78 is 5.18. The van der Waals surface area contributed by atoms with E-state index >= 15 is 0 Å². The molecule has 0 aliphatic carbocycles. The summed E-state index contributed by atoms with van der Waals surface area (Å²) in [4.78, 5) is 38.9. The van der Waals surface area contributed by atoms with E-state index in [1.54, 1.807) is 39.0 Å². The van der Waals surface area contributed by atoms with Crippen LogP contribution in [0.25, 0.3) is 0 Å². The molecular formula is C22H31N3O4. The minimum Gasteiger partial charge on any atom is -0.444 e. The lowest BCUT2D eigenvalue weighted by Gasteiger charge is -2.29. The fourth-order valence-corrected chi connectivity index (χ4v) is 2.64. The molecule has 29 heavy (non-hydrogen) atoms. The quantitative estimate of drug-likeness (QED) is 0.567. The van der Waals surface area contributed by atoms with E-state index in [2.05, 4.69) is 16.7 Å². The normalized spacial score (nSPS) is 13.1. The number of alkyl carbamates (subject to hydrolysis) is 1. The first kappa shape index (κ1) is 24.0. The van der Waals surface area contributed by atoms with E-state index in [9.17, 15) is 14.4 Å². The molecule has 2 unspecified atom stereocenters. The highest BCUT2D eigenvalue weighted by Crippen LogP contribution is 2.23. The maximum atomic E-state index is 13.0. The molecule has 0 aliphatic heterocycles. The Kier molecular flexibility index (Phi) is 8.26. The summed E-state index contributed by atoms with van der Waals surface area (Å²) in [6.45, 7) is 12.2. The second-order valence-corrected chi connectivity index (χ2v) is 8.19. The van der Waals surface area contributed by atoms with Gasteiger partial charge < -0.3 is 15.4 Å². The van der Waals surface area contributed by atoms with Crippen LogP contribution in [0, 0.1) is 19.4 Å². The molecule has 1 aromatic carbocycles. The second kappa shape index (κ2) is 9.97. The molecule has 0 heterocycles. The minimum atomic E-state index is -1.03. The van der Waals surface area contributed by atoms with Crippen molar-refractivity contribution in [3.63, 3.8) is 0 Å². The number of nitrogens with zero attached hydrogens (tertiary/aromatic N) is 1. The van der Waals surface area contributed by atoms with Crippen molar-refractivity contribution in [2.24, 2.45) is 0 Å². The lowest BCUT2D eigenvalue weighted by atomic mass is 10.0. The van der Waals surface area contributed by atoms with E-state index in [0.29, 0.717) is 5.56 Å². The van der Waals surface area contributed by atoms with Crippen LogP contribution < -0.4 is 10.6 Å². The zero-order valence-electron chi connectivity index (χ0n) is 18.2. The van der Waals surface area contributed by atoms with Gasteiger partial charge in [0.15, 0.2) is 0 Å². The maximum absolute atomic E-state index is 13.0. The summed E-state index contributed by atoms with van der Waals surface area (Å²) in [6.07, 6.45) is 4.88. The number of rotatable bonds is 6. The monoisotopic (exact) mass is 401 g/mol. The third-order valence-corrected chi connectivity index (χ3v) is 3.78. The number of nitrogens with one attached hydrogen (secondary N) is 2. The third kappa shape index (κ3) is 7.49. The van der Waals surface area contributed by atoms with Gasteiger partial charge in [-0.05, 0) is 54.0 Å². The molecule has 0 spiro atoms. The van der Waals surface area contributed by atoms with E-state index in [0.717, 1.165) is 10.5 Å². The summed E-state index contributed by atoms with van der Waals surface area (Å²) in [5, 5.41) is 5.27. The SMILES string of the molecule is C#CN(C(=O)C(C)NC(=O)OC(C)(C)C)C(C(=O)NC(C)C)c1cccc(C)c1. The summed E-state index contributed by atoms with van der Waals surface area (Å²) in [7, 11) is 0. The van der Waals surface area contributed by atoms with E-state index in [1.807, 2.05) is 26.8 Å². The van der Waals surface area contributed by atoms with Crippen LogP contribution in [-0.2, 0) is 14.3 Å². The number of amides is 3. The van der Waals surface area contributed by atoms with Gasteiger partial charge in [0.05, 0.1) is 0 Å². The van der Waals surface area contributed by atoms with Crippen LogP contribution in [0.4, 0.5) is 4.79 Å². The Morgan fingerprint density at radius 2 is 1.76 bits per heavy atom. The number of carbonyl (C=O) groups is 3. The van der Waals surface area contributed by atoms with Gasteiger partial charge in [-0.25, -0.2) is 4.79 Å². The van der Waals surface area contributed by atoms with Crippen LogP contribution in [0.3, 0.4) is 0 Å². The molecule has 0 saturated carbocycles. The molecule has 7 nitrogen and oxygen atoms in total. The zero-order valence-corrected chi connectivity index (χ0v) is 18.2. The molecule has 0 radical (unpaired) electrons. The number of hydrogen-bond donors (Lipinski definition) is 2. The molecule has 0 aliphatic rings. The van der Waals surface area contributed by atoms with Crippen LogP contribution in [0.5, 0.6) is 0 Å².